The van der Waals surface area contributed by atoms with Gasteiger partial charge in [0.1, 0.15) is 0 Å². The van der Waals surface area contributed by atoms with Gasteiger partial charge in [-0.25, -0.2) is 0 Å². The lowest BCUT2D eigenvalue weighted by Gasteiger charge is -2.15. The van der Waals surface area contributed by atoms with Crippen molar-refractivity contribution in [1.82, 2.24) is 0 Å². The smallest absolute Gasteiger partial charge is 0.303 e. The number of hydrogen-bond acceptors (Lipinski definition) is 2. The molecule has 1 N–H and O–H groups in total. The summed E-state index contributed by atoms with van der Waals surface area (Å²) >= 11 is 1.85. The molecule has 0 aliphatic heterocycles. The molecule has 1 aromatic heterocycles. The predicted octanol–water partition coefficient (Wildman–Crippen LogP) is 3.84. The number of hydrogen-bond donors (Lipinski definition) is 1. The molecule has 1 rings (SSSR count). The van der Waals surface area contributed by atoms with Crippen LogP contribution in [0.25, 0.3) is 0 Å². The molecule has 90 valence electrons. The van der Waals surface area contributed by atoms with Crippen LogP contribution in [0.5, 0.6) is 0 Å². The Hall–Kier alpha value is -0.830. The third kappa shape index (κ3) is 4.35. The lowest BCUT2D eigenvalue weighted by molar-refractivity contribution is -0.137. The van der Waals surface area contributed by atoms with E-state index in [1.165, 1.54) is 9.75 Å². The Labute approximate surface area is 101 Å². The van der Waals surface area contributed by atoms with Crippen molar-refractivity contribution in [2.45, 2.75) is 51.9 Å². The molecule has 0 saturated heterocycles. The molecule has 1 aromatic rings. The first-order valence-corrected chi connectivity index (χ1v) is 6.52. The summed E-state index contributed by atoms with van der Waals surface area (Å²) in [5, 5.41) is 8.52. The normalized spacial score (nSPS) is 11.7. The van der Waals surface area contributed by atoms with Gasteiger partial charge in [0.05, 0.1) is 0 Å². The van der Waals surface area contributed by atoms with E-state index in [9.17, 15) is 4.79 Å². The number of rotatable bonds is 5. The lowest BCUT2D eigenvalue weighted by Crippen LogP contribution is -2.07. The van der Waals surface area contributed by atoms with Crippen molar-refractivity contribution in [3.8, 4) is 0 Å². The van der Waals surface area contributed by atoms with E-state index in [-0.39, 0.29) is 11.8 Å². The fourth-order valence-electron chi connectivity index (χ4n) is 1.49. The van der Waals surface area contributed by atoms with Crippen molar-refractivity contribution in [3.05, 3.63) is 21.9 Å². The van der Waals surface area contributed by atoms with E-state index in [0.29, 0.717) is 0 Å². The molecule has 0 aliphatic rings. The topological polar surface area (TPSA) is 37.3 Å². The number of aryl methyl sites for hydroxylation is 1. The average molecular weight is 240 g/mol. The maximum Gasteiger partial charge on any atom is 0.303 e. The van der Waals surface area contributed by atoms with E-state index < -0.39 is 5.97 Å². The molecule has 0 aromatic carbocycles. The number of aliphatic carboxylic acids is 1. The highest BCUT2D eigenvalue weighted by atomic mass is 32.1. The fourth-order valence-corrected chi connectivity index (χ4v) is 2.60. The highest BCUT2D eigenvalue weighted by Crippen LogP contribution is 2.30. The van der Waals surface area contributed by atoms with Gasteiger partial charge in [0.15, 0.2) is 0 Å². The molecular weight excluding hydrogens is 220 g/mol. The zero-order valence-electron chi connectivity index (χ0n) is 10.2. The van der Waals surface area contributed by atoms with Crippen molar-refractivity contribution >= 4 is 17.3 Å². The standard InChI is InChI=1S/C13H20O2S/c1-13(2,3)11-9-8-10(16-11)6-4-5-7-12(14)15/h8-9H,4-7H2,1-3H3,(H,14,15). The lowest BCUT2D eigenvalue weighted by atomic mass is 9.95. The number of carbonyl (C=O) groups is 1. The zero-order valence-corrected chi connectivity index (χ0v) is 11.1. The number of thiophene rings is 1. The molecule has 0 fully saturated rings. The Morgan fingerprint density at radius 3 is 2.50 bits per heavy atom. The minimum Gasteiger partial charge on any atom is -0.481 e. The van der Waals surface area contributed by atoms with Crippen LogP contribution < -0.4 is 0 Å². The van der Waals surface area contributed by atoms with E-state index in [2.05, 4.69) is 32.9 Å². The summed E-state index contributed by atoms with van der Waals surface area (Å²) in [5.74, 6) is -0.693. The predicted molar refractivity (Wildman–Crippen MR) is 68.2 cm³/mol. The van der Waals surface area contributed by atoms with Gasteiger partial charge in [0.25, 0.3) is 0 Å². The van der Waals surface area contributed by atoms with Crippen molar-refractivity contribution < 1.29 is 9.90 Å². The Morgan fingerprint density at radius 1 is 1.31 bits per heavy atom. The Balaban J connectivity index is 2.38. The van der Waals surface area contributed by atoms with Crippen LogP contribution in [0.2, 0.25) is 0 Å². The van der Waals surface area contributed by atoms with Crippen LogP contribution in [0.3, 0.4) is 0 Å². The number of carboxylic acids is 1. The molecule has 0 spiro atoms. The average Bonchev–Trinajstić information content (AvgIpc) is 2.59. The van der Waals surface area contributed by atoms with Gasteiger partial charge in [-0.2, -0.15) is 0 Å². The van der Waals surface area contributed by atoms with Crippen molar-refractivity contribution in [1.29, 1.82) is 0 Å². The van der Waals surface area contributed by atoms with Gasteiger partial charge >= 0.3 is 5.97 Å². The van der Waals surface area contributed by atoms with Crippen LogP contribution in [0, 0.1) is 0 Å². The Bertz CT molecular complexity index is 347. The van der Waals surface area contributed by atoms with Gasteiger partial charge in [-0.3, -0.25) is 4.79 Å². The largest absolute Gasteiger partial charge is 0.481 e. The van der Waals surface area contributed by atoms with Crippen LogP contribution in [-0.4, -0.2) is 11.1 Å². The molecule has 0 unspecified atom stereocenters. The highest BCUT2D eigenvalue weighted by Gasteiger charge is 2.15. The first-order chi connectivity index (χ1) is 7.39. The molecular formula is C13H20O2S. The molecule has 0 bridgehead atoms. The minimum absolute atomic E-state index is 0.226. The maximum atomic E-state index is 10.3. The highest BCUT2D eigenvalue weighted by molar-refractivity contribution is 7.12. The Kier molecular flexibility index (Phi) is 4.54. The van der Waals surface area contributed by atoms with E-state index in [1.54, 1.807) is 0 Å². The van der Waals surface area contributed by atoms with E-state index in [4.69, 9.17) is 5.11 Å². The van der Waals surface area contributed by atoms with E-state index in [1.807, 2.05) is 11.3 Å². The first-order valence-electron chi connectivity index (χ1n) is 5.70. The summed E-state index contributed by atoms with van der Waals surface area (Å²) in [6, 6.07) is 4.36. The van der Waals surface area contributed by atoms with Gasteiger partial charge in [0.2, 0.25) is 0 Å². The van der Waals surface area contributed by atoms with Crippen LogP contribution in [0.4, 0.5) is 0 Å². The molecule has 0 atom stereocenters. The Morgan fingerprint density at radius 2 is 2.00 bits per heavy atom. The summed E-state index contributed by atoms with van der Waals surface area (Å²) in [4.78, 5) is 13.1. The van der Waals surface area contributed by atoms with Crippen molar-refractivity contribution in [2.24, 2.45) is 0 Å². The third-order valence-corrected chi connectivity index (χ3v) is 4.04. The first kappa shape index (κ1) is 13.2. The summed E-state index contributed by atoms with van der Waals surface area (Å²) in [5.41, 5.74) is 0.226. The molecule has 2 nitrogen and oxygen atoms in total. The van der Waals surface area contributed by atoms with Gasteiger partial charge in [-0.05, 0) is 36.8 Å². The summed E-state index contributed by atoms with van der Waals surface area (Å²) < 4.78 is 0. The second-order valence-corrected chi connectivity index (χ2v) is 6.29. The van der Waals surface area contributed by atoms with Gasteiger partial charge in [-0.15, -0.1) is 11.3 Å². The van der Waals surface area contributed by atoms with Crippen LogP contribution in [-0.2, 0) is 16.6 Å². The van der Waals surface area contributed by atoms with Crippen LogP contribution in [0.1, 0.15) is 49.8 Å². The summed E-state index contributed by atoms with van der Waals surface area (Å²) in [7, 11) is 0. The van der Waals surface area contributed by atoms with Crippen molar-refractivity contribution in [2.75, 3.05) is 0 Å². The quantitative estimate of drug-likeness (QED) is 0.794. The molecule has 0 radical (unpaired) electrons. The van der Waals surface area contributed by atoms with Gasteiger partial charge in [0, 0.05) is 16.2 Å². The SMILES string of the molecule is CC(C)(C)c1ccc(CCCCC(=O)O)s1. The second kappa shape index (κ2) is 5.48. The van der Waals surface area contributed by atoms with Crippen molar-refractivity contribution in [3.63, 3.8) is 0 Å². The fraction of sp³-hybridized carbons (Fsp3) is 0.615. The van der Waals surface area contributed by atoms with E-state index in [0.717, 1.165) is 19.3 Å². The number of unbranched alkanes of at least 4 members (excludes halogenated alkanes) is 1. The third-order valence-electron chi connectivity index (χ3n) is 2.46. The van der Waals surface area contributed by atoms with Gasteiger partial charge < -0.3 is 5.11 Å². The molecule has 0 aliphatic carbocycles. The minimum atomic E-state index is -0.693. The van der Waals surface area contributed by atoms with Crippen LogP contribution >= 0.6 is 11.3 Å². The monoisotopic (exact) mass is 240 g/mol. The number of carboxylic acid groups (broad SMARTS) is 1. The zero-order chi connectivity index (χ0) is 12.2. The molecule has 0 amide bonds. The summed E-state index contributed by atoms with van der Waals surface area (Å²) in [6.07, 6.45) is 3.04. The molecule has 16 heavy (non-hydrogen) atoms. The van der Waals surface area contributed by atoms with Gasteiger partial charge in [-0.1, -0.05) is 20.8 Å². The molecule has 3 heteroatoms. The molecule has 1 heterocycles. The maximum absolute atomic E-state index is 10.3. The van der Waals surface area contributed by atoms with E-state index >= 15 is 0 Å². The summed E-state index contributed by atoms with van der Waals surface area (Å²) in [6.45, 7) is 6.65. The molecule has 0 saturated carbocycles. The second-order valence-electron chi connectivity index (χ2n) is 5.12. The van der Waals surface area contributed by atoms with Crippen LogP contribution in [0.15, 0.2) is 12.1 Å².